The number of rotatable bonds is 6. The second kappa shape index (κ2) is 9.71. The number of hydrogen-bond acceptors (Lipinski definition) is 3. The molecule has 0 bridgehead atoms. The Morgan fingerprint density at radius 2 is 1.62 bits per heavy atom. The predicted octanol–water partition coefficient (Wildman–Crippen LogP) is 5.79. The zero-order valence-electron chi connectivity index (χ0n) is 15.5. The van der Waals surface area contributed by atoms with Crippen molar-refractivity contribution in [2.24, 2.45) is 0 Å². The van der Waals surface area contributed by atoms with Crippen LogP contribution in [0.25, 0.3) is 0 Å². The number of amides is 2. The molecular weight excluding hydrogens is 500 g/mol. The first-order valence-electron chi connectivity index (χ1n) is 8.76. The molecule has 0 radical (unpaired) electrons. The van der Waals surface area contributed by atoms with Crippen LogP contribution in [0.5, 0.6) is 5.75 Å². The summed E-state index contributed by atoms with van der Waals surface area (Å²) in [7, 11) is 0. The third-order valence-electron chi connectivity index (χ3n) is 3.94. The molecule has 7 heteroatoms. The van der Waals surface area contributed by atoms with Crippen molar-refractivity contribution >= 4 is 55.0 Å². The highest BCUT2D eigenvalue weighted by Crippen LogP contribution is 2.28. The maximum Gasteiger partial charge on any atom is 0.262 e. The van der Waals surface area contributed by atoms with E-state index in [2.05, 4.69) is 42.5 Å². The molecule has 0 aliphatic heterocycles. The first-order valence-corrected chi connectivity index (χ1v) is 10.3. The van der Waals surface area contributed by atoms with Gasteiger partial charge < -0.3 is 15.4 Å². The molecule has 3 aromatic carbocycles. The van der Waals surface area contributed by atoms with E-state index in [1.54, 1.807) is 30.3 Å². The maximum atomic E-state index is 12.5. The summed E-state index contributed by atoms with van der Waals surface area (Å²) in [5.74, 6) is -0.00700. The molecule has 5 nitrogen and oxygen atoms in total. The van der Waals surface area contributed by atoms with E-state index in [-0.39, 0.29) is 18.4 Å². The van der Waals surface area contributed by atoms with Gasteiger partial charge in [0.25, 0.3) is 11.8 Å². The number of nitrogens with one attached hydrogen (secondary N) is 2. The second-order valence-corrected chi connectivity index (χ2v) is 8.09. The average molecular weight is 518 g/mol. The van der Waals surface area contributed by atoms with Crippen LogP contribution in [-0.2, 0) is 4.79 Å². The van der Waals surface area contributed by atoms with Gasteiger partial charge in [0.05, 0.1) is 4.47 Å². The van der Waals surface area contributed by atoms with Gasteiger partial charge in [0, 0.05) is 21.4 Å². The van der Waals surface area contributed by atoms with E-state index in [0.29, 0.717) is 17.0 Å². The van der Waals surface area contributed by atoms with E-state index < -0.39 is 0 Å². The summed E-state index contributed by atoms with van der Waals surface area (Å²) < 4.78 is 7.18. The normalized spacial score (nSPS) is 10.3. The van der Waals surface area contributed by atoms with Gasteiger partial charge in [-0.15, -0.1) is 0 Å². The number of carbonyl (C=O) groups is 2. The van der Waals surface area contributed by atoms with E-state index in [4.69, 9.17) is 4.74 Å². The van der Waals surface area contributed by atoms with Crippen molar-refractivity contribution in [3.63, 3.8) is 0 Å². The van der Waals surface area contributed by atoms with Crippen LogP contribution in [0.3, 0.4) is 0 Å². The summed E-state index contributed by atoms with van der Waals surface area (Å²) in [5.41, 5.74) is 2.74. The van der Waals surface area contributed by atoms with Crippen LogP contribution in [0.15, 0.2) is 75.7 Å². The molecule has 0 fully saturated rings. The predicted molar refractivity (Wildman–Crippen MR) is 122 cm³/mol. The number of ether oxygens (including phenoxy) is 1. The van der Waals surface area contributed by atoms with Crippen LogP contribution in [0.4, 0.5) is 11.4 Å². The molecule has 0 saturated heterocycles. The summed E-state index contributed by atoms with van der Waals surface area (Å²) in [4.78, 5) is 24.7. The summed E-state index contributed by atoms with van der Waals surface area (Å²) in [6.07, 6.45) is 0. The van der Waals surface area contributed by atoms with Gasteiger partial charge in [-0.3, -0.25) is 9.59 Å². The number of anilines is 2. The molecule has 0 spiro atoms. The van der Waals surface area contributed by atoms with Gasteiger partial charge in [0.1, 0.15) is 5.75 Å². The van der Waals surface area contributed by atoms with E-state index in [1.807, 2.05) is 43.3 Å². The van der Waals surface area contributed by atoms with Gasteiger partial charge in [-0.05, 0) is 76.9 Å². The minimum Gasteiger partial charge on any atom is -0.483 e. The molecule has 3 rings (SSSR count). The third-order valence-corrected chi connectivity index (χ3v) is 5.05. The van der Waals surface area contributed by atoms with Crippen LogP contribution in [-0.4, -0.2) is 18.4 Å². The first-order chi connectivity index (χ1) is 13.9. The lowest BCUT2D eigenvalue weighted by atomic mass is 10.1. The Balaban J connectivity index is 1.60. The molecule has 0 unspecified atom stereocenters. The fourth-order valence-electron chi connectivity index (χ4n) is 2.60. The summed E-state index contributed by atoms with van der Waals surface area (Å²) in [6, 6.07) is 19.7. The molecule has 0 saturated carbocycles. The molecule has 29 heavy (non-hydrogen) atoms. The van der Waals surface area contributed by atoms with Gasteiger partial charge in [0.15, 0.2) is 6.61 Å². The van der Waals surface area contributed by atoms with Crippen molar-refractivity contribution < 1.29 is 14.3 Å². The van der Waals surface area contributed by atoms with Gasteiger partial charge >= 0.3 is 0 Å². The highest BCUT2D eigenvalue weighted by Gasteiger charge is 2.10. The minimum absolute atomic E-state index is 0.153. The van der Waals surface area contributed by atoms with E-state index in [1.165, 1.54) is 0 Å². The molecule has 0 heterocycles. The lowest BCUT2D eigenvalue weighted by molar-refractivity contribution is -0.118. The highest BCUT2D eigenvalue weighted by molar-refractivity contribution is 9.11. The highest BCUT2D eigenvalue weighted by atomic mass is 79.9. The fraction of sp³-hybridized carbons (Fsp3) is 0.0909. The maximum absolute atomic E-state index is 12.5. The van der Waals surface area contributed by atoms with Crippen molar-refractivity contribution in [1.29, 1.82) is 0 Å². The van der Waals surface area contributed by atoms with Crippen molar-refractivity contribution in [3.8, 4) is 5.75 Å². The van der Waals surface area contributed by atoms with Gasteiger partial charge in [-0.25, -0.2) is 0 Å². The van der Waals surface area contributed by atoms with Crippen molar-refractivity contribution in [2.45, 2.75) is 6.92 Å². The van der Waals surface area contributed by atoms with Gasteiger partial charge in [-0.2, -0.15) is 0 Å². The Kier molecular flexibility index (Phi) is 7.06. The standard InChI is InChI=1S/C22H18Br2N2O3/c1-14-4-2-6-17(10-14)26-22(28)15-5-3-7-18(11-15)25-21(27)13-29-20-9-8-16(23)12-19(20)24/h2-12H,13H2,1H3,(H,25,27)(H,26,28). The van der Waals surface area contributed by atoms with E-state index in [0.717, 1.165) is 20.2 Å². The molecule has 3 aromatic rings. The Morgan fingerprint density at radius 1 is 0.897 bits per heavy atom. The van der Waals surface area contributed by atoms with Crippen LogP contribution in [0, 0.1) is 6.92 Å². The lowest BCUT2D eigenvalue weighted by Gasteiger charge is -2.10. The third kappa shape index (κ3) is 6.17. The van der Waals surface area contributed by atoms with Crippen LogP contribution in [0.1, 0.15) is 15.9 Å². The number of aryl methyl sites for hydroxylation is 1. The summed E-state index contributed by atoms with van der Waals surface area (Å²) in [6.45, 7) is 1.81. The van der Waals surface area contributed by atoms with E-state index in [9.17, 15) is 9.59 Å². The zero-order valence-corrected chi connectivity index (χ0v) is 18.7. The molecule has 0 aromatic heterocycles. The molecule has 0 atom stereocenters. The van der Waals surface area contributed by atoms with E-state index >= 15 is 0 Å². The molecule has 0 aliphatic carbocycles. The Hall–Kier alpha value is -2.64. The zero-order chi connectivity index (χ0) is 20.8. The SMILES string of the molecule is Cc1cccc(NC(=O)c2cccc(NC(=O)COc3ccc(Br)cc3Br)c2)c1. The quantitative estimate of drug-likeness (QED) is 0.435. The molecule has 0 aliphatic rings. The van der Waals surface area contributed by atoms with Crippen molar-refractivity contribution in [1.82, 2.24) is 0 Å². The first kappa shape index (κ1) is 21.1. The number of halogens is 2. The lowest BCUT2D eigenvalue weighted by Crippen LogP contribution is -2.20. The Labute approximate surface area is 185 Å². The van der Waals surface area contributed by atoms with Gasteiger partial charge in [0.2, 0.25) is 0 Å². The smallest absolute Gasteiger partial charge is 0.262 e. The average Bonchev–Trinajstić information content (AvgIpc) is 2.67. The molecule has 2 amide bonds. The molecule has 148 valence electrons. The summed E-state index contributed by atoms with van der Waals surface area (Å²) >= 11 is 6.76. The Bertz CT molecular complexity index is 1050. The van der Waals surface area contributed by atoms with Gasteiger partial charge in [-0.1, -0.05) is 34.1 Å². The van der Waals surface area contributed by atoms with Crippen molar-refractivity contribution in [2.75, 3.05) is 17.2 Å². The molecule has 2 N–H and O–H groups in total. The summed E-state index contributed by atoms with van der Waals surface area (Å²) in [5, 5.41) is 5.59. The van der Waals surface area contributed by atoms with Crippen LogP contribution in [0.2, 0.25) is 0 Å². The minimum atomic E-state index is -0.323. The number of carbonyl (C=O) groups excluding carboxylic acids is 2. The fourth-order valence-corrected chi connectivity index (χ4v) is 3.76. The number of hydrogen-bond donors (Lipinski definition) is 2. The Morgan fingerprint density at radius 3 is 2.34 bits per heavy atom. The van der Waals surface area contributed by atoms with Crippen molar-refractivity contribution in [3.05, 3.63) is 86.8 Å². The largest absolute Gasteiger partial charge is 0.483 e. The monoisotopic (exact) mass is 516 g/mol. The van der Waals surface area contributed by atoms with Crippen LogP contribution < -0.4 is 15.4 Å². The topological polar surface area (TPSA) is 67.4 Å². The van der Waals surface area contributed by atoms with Crippen LogP contribution >= 0.6 is 31.9 Å². The molecular formula is C22H18Br2N2O3. The second-order valence-electron chi connectivity index (χ2n) is 6.32. The number of benzene rings is 3.